The summed E-state index contributed by atoms with van der Waals surface area (Å²) in [5.74, 6) is -0.462. The number of aromatic nitrogens is 1. The molecule has 0 aliphatic carbocycles. The van der Waals surface area contributed by atoms with Gasteiger partial charge in [-0.1, -0.05) is 0 Å². The summed E-state index contributed by atoms with van der Waals surface area (Å²) in [5, 5.41) is 2.77. The van der Waals surface area contributed by atoms with Crippen molar-refractivity contribution in [2.75, 3.05) is 26.0 Å². The van der Waals surface area contributed by atoms with Crippen molar-refractivity contribution < 1.29 is 14.0 Å². The van der Waals surface area contributed by atoms with Gasteiger partial charge >= 0.3 is 6.03 Å². The van der Waals surface area contributed by atoms with Crippen LogP contribution in [0.25, 0.3) is 5.69 Å². The molecule has 0 saturated carbocycles. The summed E-state index contributed by atoms with van der Waals surface area (Å²) < 4.78 is 15.7. The van der Waals surface area contributed by atoms with E-state index in [-0.39, 0.29) is 17.8 Å². The second-order valence-corrected chi connectivity index (χ2v) is 6.27. The molecule has 2 heterocycles. The molecule has 2 aromatic rings. The van der Waals surface area contributed by atoms with Crippen molar-refractivity contribution in [1.29, 1.82) is 0 Å². The molecule has 3 rings (SSSR count). The number of nitrogens with one attached hydrogen (secondary N) is 1. The standard InChI is InChI=1S/C18H21FN4O2/c1-21(2)17(24)15-6-5-11-23(15)18(25)20-13-7-8-14(19)16(12-13)22-9-3-4-10-22/h3-4,7-10,12,15H,5-6,11H2,1-2H3,(H,20,25)/t15-/m0/s1. The number of likely N-dealkylation sites (N-methyl/N-ethyl adjacent to an activating group) is 1. The van der Waals surface area contributed by atoms with Gasteiger partial charge in [0.2, 0.25) is 5.91 Å². The minimum Gasteiger partial charge on any atom is -0.347 e. The van der Waals surface area contributed by atoms with E-state index in [9.17, 15) is 14.0 Å². The van der Waals surface area contributed by atoms with Gasteiger partial charge in [-0.15, -0.1) is 0 Å². The summed E-state index contributed by atoms with van der Waals surface area (Å²) in [6, 6.07) is 7.21. The lowest BCUT2D eigenvalue weighted by Crippen LogP contribution is -2.47. The highest BCUT2D eigenvalue weighted by molar-refractivity contribution is 5.94. The lowest BCUT2D eigenvalue weighted by Gasteiger charge is -2.26. The number of hydrogen-bond acceptors (Lipinski definition) is 2. The first-order chi connectivity index (χ1) is 12.0. The Morgan fingerprint density at radius 3 is 2.64 bits per heavy atom. The van der Waals surface area contributed by atoms with E-state index in [2.05, 4.69) is 5.32 Å². The summed E-state index contributed by atoms with van der Waals surface area (Å²) in [6.45, 7) is 0.529. The van der Waals surface area contributed by atoms with Crippen molar-refractivity contribution in [3.8, 4) is 5.69 Å². The molecule has 1 aromatic carbocycles. The normalized spacial score (nSPS) is 16.8. The van der Waals surface area contributed by atoms with Gasteiger partial charge in [0.1, 0.15) is 11.9 Å². The van der Waals surface area contributed by atoms with Crippen LogP contribution in [-0.4, -0.2) is 53.0 Å². The highest BCUT2D eigenvalue weighted by atomic mass is 19.1. The molecule has 132 valence electrons. The average molecular weight is 344 g/mol. The predicted molar refractivity (Wildman–Crippen MR) is 93.2 cm³/mol. The number of urea groups is 1. The zero-order valence-corrected chi connectivity index (χ0v) is 14.3. The number of likely N-dealkylation sites (tertiary alicyclic amines) is 1. The minimum atomic E-state index is -0.445. The molecule has 6 nitrogen and oxygen atoms in total. The Balaban J connectivity index is 1.77. The van der Waals surface area contributed by atoms with Crippen LogP contribution in [0, 0.1) is 5.82 Å². The first-order valence-corrected chi connectivity index (χ1v) is 8.19. The maximum atomic E-state index is 14.0. The molecule has 1 N–H and O–H groups in total. The maximum absolute atomic E-state index is 14.0. The van der Waals surface area contributed by atoms with Crippen LogP contribution in [0.4, 0.5) is 14.9 Å². The number of anilines is 1. The van der Waals surface area contributed by atoms with E-state index in [1.807, 2.05) is 0 Å². The average Bonchev–Trinajstić information content (AvgIpc) is 3.27. The molecule has 7 heteroatoms. The Labute approximate surface area is 145 Å². The predicted octanol–water partition coefficient (Wildman–Crippen LogP) is 2.70. The fourth-order valence-corrected chi connectivity index (χ4v) is 3.04. The van der Waals surface area contributed by atoms with E-state index in [1.165, 1.54) is 17.0 Å². The van der Waals surface area contributed by atoms with Crippen molar-refractivity contribution in [2.24, 2.45) is 0 Å². The topological polar surface area (TPSA) is 57.6 Å². The Bertz CT molecular complexity index is 773. The van der Waals surface area contributed by atoms with Crippen molar-refractivity contribution in [2.45, 2.75) is 18.9 Å². The van der Waals surface area contributed by atoms with E-state index in [0.717, 1.165) is 6.42 Å². The number of hydrogen-bond donors (Lipinski definition) is 1. The van der Waals surface area contributed by atoms with Crippen LogP contribution < -0.4 is 5.32 Å². The number of benzene rings is 1. The monoisotopic (exact) mass is 344 g/mol. The van der Waals surface area contributed by atoms with Crippen LogP contribution in [0.2, 0.25) is 0 Å². The fraction of sp³-hybridized carbons (Fsp3) is 0.333. The number of amides is 3. The summed E-state index contributed by atoms with van der Waals surface area (Å²) in [5.41, 5.74) is 0.836. The summed E-state index contributed by atoms with van der Waals surface area (Å²) in [7, 11) is 3.36. The van der Waals surface area contributed by atoms with Crippen LogP contribution >= 0.6 is 0 Å². The largest absolute Gasteiger partial charge is 0.347 e. The number of halogens is 1. The molecular weight excluding hydrogens is 323 g/mol. The van der Waals surface area contributed by atoms with Gasteiger partial charge in [-0.25, -0.2) is 9.18 Å². The lowest BCUT2D eigenvalue weighted by atomic mass is 10.2. The number of carbonyl (C=O) groups excluding carboxylic acids is 2. The molecule has 0 bridgehead atoms. The Hall–Kier alpha value is -2.83. The number of carbonyl (C=O) groups is 2. The second-order valence-electron chi connectivity index (χ2n) is 6.27. The maximum Gasteiger partial charge on any atom is 0.322 e. The number of rotatable bonds is 3. The van der Waals surface area contributed by atoms with Crippen LogP contribution in [-0.2, 0) is 4.79 Å². The van der Waals surface area contributed by atoms with E-state index in [0.29, 0.717) is 24.3 Å². The molecular formula is C18H21FN4O2. The van der Waals surface area contributed by atoms with Crippen molar-refractivity contribution in [1.82, 2.24) is 14.4 Å². The third-order valence-electron chi connectivity index (χ3n) is 4.32. The quantitative estimate of drug-likeness (QED) is 0.931. The molecule has 25 heavy (non-hydrogen) atoms. The highest BCUT2D eigenvalue weighted by Crippen LogP contribution is 2.22. The molecule has 1 aliphatic rings. The number of nitrogens with zero attached hydrogens (tertiary/aromatic N) is 3. The van der Waals surface area contributed by atoms with Gasteiger partial charge in [0.15, 0.2) is 0 Å². The van der Waals surface area contributed by atoms with Gasteiger partial charge < -0.3 is 19.7 Å². The molecule has 1 aromatic heterocycles. The van der Waals surface area contributed by atoms with Crippen LogP contribution in [0.1, 0.15) is 12.8 Å². The summed E-state index contributed by atoms with van der Waals surface area (Å²) >= 11 is 0. The van der Waals surface area contributed by atoms with Gasteiger partial charge in [0.05, 0.1) is 5.69 Å². The second kappa shape index (κ2) is 6.96. The minimum absolute atomic E-state index is 0.0835. The van der Waals surface area contributed by atoms with Gasteiger partial charge in [0, 0.05) is 38.7 Å². The zero-order chi connectivity index (χ0) is 18.0. The van der Waals surface area contributed by atoms with Crippen molar-refractivity contribution >= 4 is 17.6 Å². The Morgan fingerprint density at radius 2 is 1.96 bits per heavy atom. The van der Waals surface area contributed by atoms with Crippen molar-refractivity contribution in [3.63, 3.8) is 0 Å². The third-order valence-corrected chi connectivity index (χ3v) is 4.32. The smallest absolute Gasteiger partial charge is 0.322 e. The SMILES string of the molecule is CN(C)C(=O)[C@@H]1CCCN1C(=O)Nc1ccc(F)c(-n2cccc2)c1. The summed E-state index contributed by atoms with van der Waals surface area (Å²) in [4.78, 5) is 27.8. The van der Waals surface area contributed by atoms with E-state index in [4.69, 9.17) is 0 Å². The highest BCUT2D eigenvalue weighted by Gasteiger charge is 2.35. The first-order valence-electron chi connectivity index (χ1n) is 8.19. The molecule has 1 fully saturated rings. The molecule has 0 spiro atoms. The Morgan fingerprint density at radius 1 is 1.24 bits per heavy atom. The zero-order valence-electron chi connectivity index (χ0n) is 14.3. The Kier molecular flexibility index (Phi) is 4.74. The van der Waals surface area contributed by atoms with Gasteiger partial charge in [-0.2, -0.15) is 0 Å². The lowest BCUT2D eigenvalue weighted by molar-refractivity contribution is -0.132. The van der Waals surface area contributed by atoms with E-state index < -0.39 is 6.04 Å². The first kappa shape index (κ1) is 17.0. The van der Waals surface area contributed by atoms with Gasteiger partial charge in [-0.05, 0) is 43.2 Å². The molecule has 0 radical (unpaired) electrons. The summed E-state index contributed by atoms with van der Waals surface area (Å²) in [6.07, 6.45) is 4.91. The van der Waals surface area contributed by atoms with E-state index in [1.54, 1.807) is 54.2 Å². The van der Waals surface area contributed by atoms with Crippen molar-refractivity contribution in [3.05, 3.63) is 48.5 Å². The van der Waals surface area contributed by atoms with Crippen LogP contribution in [0.15, 0.2) is 42.7 Å². The fourth-order valence-electron chi connectivity index (χ4n) is 3.04. The van der Waals surface area contributed by atoms with Gasteiger partial charge in [0.25, 0.3) is 0 Å². The molecule has 1 atom stereocenters. The van der Waals surface area contributed by atoms with Crippen LogP contribution in [0.3, 0.4) is 0 Å². The molecule has 3 amide bonds. The van der Waals surface area contributed by atoms with Gasteiger partial charge in [-0.3, -0.25) is 4.79 Å². The third kappa shape index (κ3) is 3.50. The molecule has 1 aliphatic heterocycles. The van der Waals surface area contributed by atoms with E-state index >= 15 is 0 Å². The molecule has 0 unspecified atom stereocenters. The molecule has 1 saturated heterocycles. The van der Waals surface area contributed by atoms with Crippen LogP contribution in [0.5, 0.6) is 0 Å².